The number of hydrogen-bond donors (Lipinski definition) is 0. The first-order valence-electron chi connectivity index (χ1n) is 5.77. The second-order valence-corrected chi connectivity index (χ2v) is 5.68. The zero-order valence-corrected chi connectivity index (χ0v) is 10.8. The van der Waals surface area contributed by atoms with Crippen LogP contribution >= 0.6 is 0 Å². The summed E-state index contributed by atoms with van der Waals surface area (Å²) in [5.74, 6) is 2.71. The minimum absolute atomic E-state index is 0.186. The maximum absolute atomic E-state index is 5.84. The van der Waals surface area contributed by atoms with Gasteiger partial charge in [0.15, 0.2) is 0 Å². The van der Waals surface area contributed by atoms with Gasteiger partial charge in [-0.2, -0.15) is 0 Å². The molecule has 1 heterocycles. The molecule has 0 bridgehead atoms. The lowest BCUT2D eigenvalue weighted by atomic mass is 9.89. The Hall–Kier alpha value is -0.275. The van der Waals surface area contributed by atoms with E-state index >= 15 is 0 Å². The Labute approximate surface area is 94.2 Å². The molecule has 0 N–H and O–H groups in total. The first kappa shape index (κ1) is 12.8. The molecule has 0 aromatic heterocycles. The van der Waals surface area contributed by atoms with Crippen molar-refractivity contribution >= 4 is 7.12 Å². The van der Waals surface area contributed by atoms with Gasteiger partial charge in [0.1, 0.15) is 0 Å². The minimum Gasteiger partial charge on any atom is -0.400 e. The summed E-state index contributed by atoms with van der Waals surface area (Å²) < 4.78 is 11.7. The van der Waals surface area contributed by atoms with E-state index in [1.807, 2.05) is 5.98 Å². The van der Waals surface area contributed by atoms with Crippen LogP contribution < -0.4 is 0 Å². The Bertz CT molecular complexity index is 228. The predicted octanol–water partition coefficient (Wildman–Crippen LogP) is 3.22. The maximum atomic E-state index is 5.84. The average Bonchev–Trinajstić information content (AvgIpc) is 2.19. The molecule has 1 fully saturated rings. The van der Waals surface area contributed by atoms with Crippen LogP contribution in [-0.2, 0) is 9.31 Å². The fourth-order valence-electron chi connectivity index (χ4n) is 1.43. The molecule has 3 heteroatoms. The van der Waals surface area contributed by atoms with Gasteiger partial charge in [-0.05, 0) is 40.0 Å². The van der Waals surface area contributed by atoms with Crippen LogP contribution in [0.4, 0.5) is 0 Å². The molecule has 0 spiro atoms. The van der Waals surface area contributed by atoms with Gasteiger partial charge < -0.3 is 9.31 Å². The molecule has 0 saturated carbocycles. The second-order valence-electron chi connectivity index (χ2n) is 5.68. The van der Waals surface area contributed by atoms with Gasteiger partial charge in [0.25, 0.3) is 0 Å². The molecule has 0 atom stereocenters. The van der Waals surface area contributed by atoms with Crippen molar-refractivity contribution < 1.29 is 9.31 Å². The highest BCUT2D eigenvalue weighted by molar-refractivity contribution is 6.51. The summed E-state index contributed by atoms with van der Waals surface area (Å²) in [7, 11) is -0.186. The van der Waals surface area contributed by atoms with Gasteiger partial charge in [-0.3, -0.25) is 0 Å². The molecule has 0 radical (unpaired) electrons. The molecule has 86 valence electrons. The van der Waals surface area contributed by atoms with Crippen LogP contribution in [0, 0.1) is 5.92 Å². The number of allylic oxidation sites excluding steroid dienone is 1. The second kappa shape index (κ2) is 4.30. The zero-order valence-electron chi connectivity index (χ0n) is 10.8. The molecular weight excluding hydrogens is 187 g/mol. The van der Waals surface area contributed by atoms with Crippen molar-refractivity contribution in [2.45, 2.75) is 59.2 Å². The highest BCUT2D eigenvalue weighted by Crippen LogP contribution is 2.36. The fraction of sp³-hybridized carbons (Fsp3) is 0.833. The Morgan fingerprint density at radius 1 is 1.07 bits per heavy atom. The lowest BCUT2D eigenvalue weighted by Crippen LogP contribution is -2.41. The zero-order chi connectivity index (χ0) is 11.7. The van der Waals surface area contributed by atoms with Crippen molar-refractivity contribution in [3.63, 3.8) is 0 Å². The van der Waals surface area contributed by atoms with Gasteiger partial charge in [0.05, 0.1) is 11.2 Å². The Morgan fingerprint density at radius 2 is 1.53 bits per heavy atom. The van der Waals surface area contributed by atoms with Crippen LogP contribution in [0.2, 0.25) is 0 Å². The molecule has 15 heavy (non-hydrogen) atoms. The van der Waals surface area contributed by atoms with Gasteiger partial charge >= 0.3 is 7.12 Å². The lowest BCUT2D eigenvalue weighted by Gasteiger charge is -2.32. The van der Waals surface area contributed by atoms with Gasteiger partial charge in [0.2, 0.25) is 0 Å². The van der Waals surface area contributed by atoms with E-state index in [4.69, 9.17) is 9.31 Å². The molecule has 1 aliphatic rings. The average molecular weight is 210 g/mol. The summed E-state index contributed by atoms with van der Waals surface area (Å²) in [6, 6.07) is 0. The van der Waals surface area contributed by atoms with E-state index in [-0.39, 0.29) is 18.3 Å². The first-order chi connectivity index (χ1) is 6.74. The third-order valence-corrected chi connectivity index (χ3v) is 3.17. The summed E-state index contributed by atoms with van der Waals surface area (Å²) >= 11 is 0. The Kier molecular flexibility index (Phi) is 3.67. The SMILES string of the molecule is CC(C)C/C=C/B1OC(C)(C)C(C)(C)O1. The van der Waals surface area contributed by atoms with Gasteiger partial charge in [0, 0.05) is 0 Å². The third kappa shape index (κ3) is 3.09. The molecule has 0 aliphatic carbocycles. The summed E-state index contributed by atoms with van der Waals surface area (Å²) in [5, 5.41) is 0. The monoisotopic (exact) mass is 210 g/mol. The standard InChI is InChI=1S/C12H23BO2/c1-10(2)8-7-9-13-14-11(3,4)12(5,6)15-13/h7,9-10H,8H2,1-6H3/b9-7+. The van der Waals surface area contributed by atoms with Crippen LogP contribution in [-0.4, -0.2) is 18.3 Å². The maximum Gasteiger partial charge on any atom is 0.486 e. The molecule has 0 amide bonds. The highest BCUT2D eigenvalue weighted by atomic mass is 16.7. The topological polar surface area (TPSA) is 18.5 Å². The molecule has 0 aromatic rings. The molecule has 0 unspecified atom stereocenters. The van der Waals surface area contributed by atoms with E-state index in [9.17, 15) is 0 Å². The molecule has 1 saturated heterocycles. The smallest absolute Gasteiger partial charge is 0.400 e. The third-order valence-electron chi connectivity index (χ3n) is 3.17. The highest BCUT2D eigenvalue weighted by Gasteiger charge is 2.49. The molecule has 1 rings (SSSR count). The van der Waals surface area contributed by atoms with Crippen LogP contribution in [0.15, 0.2) is 12.1 Å². The summed E-state index contributed by atoms with van der Waals surface area (Å²) in [6.45, 7) is 12.7. The Balaban J connectivity index is 2.52. The molecule has 1 aliphatic heterocycles. The molecular formula is C12H23BO2. The molecule has 2 nitrogen and oxygen atoms in total. The van der Waals surface area contributed by atoms with Crippen LogP contribution in [0.1, 0.15) is 48.0 Å². The largest absolute Gasteiger partial charge is 0.486 e. The van der Waals surface area contributed by atoms with Crippen molar-refractivity contribution in [1.82, 2.24) is 0 Å². The van der Waals surface area contributed by atoms with E-state index in [0.717, 1.165) is 6.42 Å². The Morgan fingerprint density at radius 3 is 1.93 bits per heavy atom. The summed E-state index contributed by atoms with van der Waals surface area (Å²) in [6.07, 6.45) is 3.22. The van der Waals surface area contributed by atoms with Crippen molar-refractivity contribution in [2.75, 3.05) is 0 Å². The summed E-state index contributed by atoms with van der Waals surface area (Å²) in [5.41, 5.74) is -0.445. The van der Waals surface area contributed by atoms with Crippen molar-refractivity contribution in [1.29, 1.82) is 0 Å². The van der Waals surface area contributed by atoms with Crippen molar-refractivity contribution in [2.24, 2.45) is 5.92 Å². The first-order valence-corrected chi connectivity index (χ1v) is 5.77. The minimum atomic E-state index is -0.222. The predicted molar refractivity (Wildman–Crippen MR) is 64.7 cm³/mol. The van der Waals surface area contributed by atoms with Gasteiger partial charge in [-0.15, -0.1) is 0 Å². The summed E-state index contributed by atoms with van der Waals surface area (Å²) in [4.78, 5) is 0. The lowest BCUT2D eigenvalue weighted by molar-refractivity contribution is 0.00578. The van der Waals surface area contributed by atoms with Crippen LogP contribution in [0.25, 0.3) is 0 Å². The van der Waals surface area contributed by atoms with Crippen LogP contribution in [0.5, 0.6) is 0 Å². The van der Waals surface area contributed by atoms with E-state index in [1.54, 1.807) is 0 Å². The van der Waals surface area contributed by atoms with Crippen molar-refractivity contribution in [3.8, 4) is 0 Å². The van der Waals surface area contributed by atoms with Gasteiger partial charge in [-0.25, -0.2) is 0 Å². The van der Waals surface area contributed by atoms with Crippen molar-refractivity contribution in [3.05, 3.63) is 12.1 Å². The van der Waals surface area contributed by atoms with E-state index < -0.39 is 0 Å². The van der Waals surface area contributed by atoms with E-state index in [2.05, 4.69) is 47.6 Å². The normalized spacial score (nSPS) is 24.3. The number of hydrogen-bond acceptors (Lipinski definition) is 2. The molecule has 0 aromatic carbocycles. The van der Waals surface area contributed by atoms with E-state index in [1.165, 1.54) is 0 Å². The van der Waals surface area contributed by atoms with Crippen LogP contribution in [0.3, 0.4) is 0 Å². The van der Waals surface area contributed by atoms with Gasteiger partial charge in [-0.1, -0.05) is 25.9 Å². The van der Waals surface area contributed by atoms with E-state index in [0.29, 0.717) is 5.92 Å². The quantitative estimate of drug-likeness (QED) is 0.666. The fourth-order valence-corrected chi connectivity index (χ4v) is 1.43. The number of rotatable bonds is 3.